The Morgan fingerprint density at radius 1 is 1.43 bits per heavy atom. The summed E-state index contributed by atoms with van der Waals surface area (Å²) < 4.78 is 43.9. The molecule has 116 valence electrons. The number of alkyl halides is 3. The molecule has 1 saturated heterocycles. The third-order valence-electron chi connectivity index (χ3n) is 3.33. The van der Waals surface area contributed by atoms with Crippen molar-refractivity contribution in [3.8, 4) is 0 Å². The molecule has 1 atom stereocenters. The van der Waals surface area contributed by atoms with E-state index in [1.807, 2.05) is 0 Å². The molecule has 7 heteroatoms. The molecule has 0 spiro atoms. The fourth-order valence-corrected chi connectivity index (χ4v) is 2.26. The molecule has 4 nitrogen and oxygen atoms in total. The summed E-state index contributed by atoms with van der Waals surface area (Å²) >= 11 is 0. The minimum absolute atomic E-state index is 0.0811. The fraction of sp³-hybridized carbons (Fsp3) is 0.500. The summed E-state index contributed by atoms with van der Waals surface area (Å²) in [5.74, 6) is -0.272. The van der Waals surface area contributed by atoms with Crippen LogP contribution < -0.4 is 5.32 Å². The quantitative estimate of drug-likeness (QED) is 0.923. The molecule has 1 amide bonds. The van der Waals surface area contributed by atoms with Crippen LogP contribution in [0, 0.1) is 0 Å². The average molecular weight is 302 g/mol. The van der Waals surface area contributed by atoms with Crippen LogP contribution in [0.15, 0.2) is 24.3 Å². The highest BCUT2D eigenvalue weighted by molar-refractivity contribution is 5.82. The van der Waals surface area contributed by atoms with Gasteiger partial charge in [0, 0.05) is 20.1 Å². The normalized spacial score (nSPS) is 19.3. The molecule has 1 aliphatic heterocycles. The molecule has 21 heavy (non-hydrogen) atoms. The van der Waals surface area contributed by atoms with Gasteiger partial charge in [-0.3, -0.25) is 4.79 Å². The van der Waals surface area contributed by atoms with Gasteiger partial charge in [0.05, 0.1) is 18.8 Å². The van der Waals surface area contributed by atoms with Crippen molar-refractivity contribution >= 4 is 5.91 Å². The van der Waals surface area contributed by atoms with Gasteiger partial charge in [0.15, 0.2) is 0 Å². The van der Waals surface area contributed by atoms with Crippen LogP contribution in [0.25, 0.3) is 0 Å². The van der Waals surface area contributed by atoms with E-state index >= 15 is 0 Å². The van der Waals surface area contributed by atoms with Gasteiger partial charge in [-0.1, -0.05) is 18.2 Å². The third kappa shape index (κ3) is 3.95. The second-order valence-corrected chi connectivity index (χ2v) is 4.93. The SMILES string of the molecule is CN(Cc1ccccc1C(F)(F)F)C(=O)[C@H]1COCCN1. The van der Waals surface area contributed by atoms with E-state index in [1.54, 1.807) is 0 Å². The predicted octanol–water partition coefficient (Wildman–Crippen LogP) is 1.65. The topological polar surface area (TPSA) is 41.6 Å². The minimum atomic E-state index is -4.42. The second kappa shape index (κ2) is 6.44. The van der Waals surface area contributed by atoms with E-state index < -0.39 is 17.8 Å². The van der Waals surface area contributed by atoms with Crippen molar-refractivity contribution in [1.29, 1.82) is 0 Å². The first kappa shape index (κ1) is 15.8. The lowest BCUT2D eigenvalue weighted by Crippen LogP contribution is -2.51. The zero-order valence-electron chi connectivity index (χ0n) is 11.6. The summed E-state index contributed by atoms with van der Waals surface area (Å²) in [5, 5.41) is 2.99. The molecule has 1 heterocycles. The summed E-state index contributed by atoms with van der Waals surface area (Å²) in [4.78, 5) is 13.5. The molecule has 0 aliphatic carbocycles. The maximum atomic E-state index is 12.9. The number of amides is 1. The smallest absolute Gasteiger partial charge is 0.378 e. The molecule has 0 unspecified atom stereocenters. The van der Waals surface area contributed by atoms with Gasteiger partial charge in [0.1, 0.15) is 6.04 Å². The summed E-state index contributed by atoms with van der Waals surface area (Å²) in [6.45, 7) is 1.24. The number of benzene rings is 1. The Bertz CT molecular complexity index is 499. The number of carbonyl (C=O) groups excluding carboxylic acids is 1. The minimum Gasteiger partial charge on any atom is -0.378 e. The molecular weight excluding hydrogens is 285 g/mol. The number of carbonyl (C=O) groups is 1. The Hall–Kier alpha value is -1.60. The van der Waals surface area contributed by atoms with Gasteiger partial charge in [-0.15, -0.1) is 0 Å². The molecular formula is C14H17F3N2O2. The van der Waals surface area contributed by atoms with Crippen LogP contribution in [-0.2, 0) is 22.3 Å². The van der Waals surface area contributed by atoms with Crippen LogP contribution >= 0.6 is 0 Å². The largest absolute Gasteiger partial charge is 0.416 e. The molecule has 1 N–H and O–H groups in total. The fourth-order valence-electron chi connectivity index (χ4n) is 2.26. The highest BCUT2D eigenvalue weighted by atomic mass is 19.4. The van der Waals surface area contributed by atoms with E-state index in [1.165, 1.54) is 30.1 Å². The average Bonchev–Trinajstić information content (AvgIpc) is 2.47. The molecule has 2 rings (SSSR count). The number of morpholine rings is 1. The molecule has 0 saturated carbocycles. The van der Waals surface area contributed by atoms with Gasteiger partial charge in [-0.2, -0.15) is 13.2 Å². The number of hydrogen-bond donors (Lipinski definition) is 1. The standard InChI is InChI=1S/C14H17F3N2O2/c1-19(13(20)12-9-21-7-6-18-12)8-10-4-2-3-5-11(10)14(15,16)17/h2-5,12,18H,6-9H2,1H3/t12-/m1/s1. The van der Waals surface area contributed by atoms with Crippen molar-refractivity contribution in [2.75, 3.05) is 26.8 Å². The van der Waals surface area contributed by atoms with Gasteiger partial charge in [-0.05, 0) is 11.6 Å². The molecule has 0 bridgehead atoms. The van der Waals surface area contributed by atoms with Gasteiger partial charge in [0.2, 0.25) is 5.91 Å². The van der Waals surface area contributed by atoms with Crippen molar-refractivity contribution in [2.24, 2.45) is 0 Å². The molecule has 1 fully saturated rings. The Kier molecular flexibility index (Phi) is 4.84. The lowest BCUT2D eigenvalue weighted by molar-refractivity contribution is -0.140. The zero-order valence-corrected chi connectivity index (χ0v) is 11.6. The Morgan fingerprint density at radius 2 is 2.14 bits per heavy atom. The van der Waals surface area contributed by atoms with E-state index in [2.05, 4.69) is 5.32 Å². The molecule has 1 aromatic rings. The second-order valence-electron chi connectivity index (χ2n) is 4.93. The number of ether oxygens (including phenoxy) is 1. The first-order valence-corrected chi connectivity index (χ1v) is 6.61. The number of nitrogens with zero attached hydrogens (tertiary/aromatic N) is 1. The Balaban J connectivity index is 2.09. The number of rotatable bonds is 3. The van der Waals surface area contributed by atoms with Crippen molar-refractivity contribution in [2.45, 2.75) is 18.8 Å². The van der Waals surface area contributed by atoms with Crippen molar-refractivity contribution in [3.05, 3.63) is 35.4 Å². The van der Waals surface area contributed by atoms with Crippen LogP contribution in [0.3, 0.4) is 0 Å². The zero-order chi connectivity index (χ0) is 15.5. The highest BCUT2D eigenvalue weighted by Gasteiger charge is 2.33. The van der Waals surface area contributed by atoms with Crippen LogP contribution in [-0.4, -0.2) is 43.7 Å². The maximum Gasteiger partial charge on any atom is 0.416 e. The van der Waals surface area contributed by atoms with Gasteiger partial charge < -0.3 is 15.0 Å². The number of nitrogens with one attached hydrogen (secondary N) is 1. The monoisotopic (exact) mass is 302 g/mol. The van der Waals surface area contributed by atoms with Crippen molar-refractivity contribution in [1.82, 2.24) is 10.2 Å². The maximum absolute atomic E-state index is 12.9. The van der Waals surface area contributed by atoms with Crippen molar-refractivity contribution in [3.63, 3.8) is 0 Å². The van der Waals surface area contributed by atoms with Crippen LogP contribution in [0.1, 0.15) is 11.1 Å². The van der Waals surface area contributed by atoms with Crippen molar-refractivity contribution < 1.29 is 22.7 Å². The summed E-state index contributed by atoms with van der Waals surface area (Å²) in [7, 11) is 1.49. The molecule has 1 aromatic carbocycles. The number of likely N-dealkylation sites (N-methyl/N-ethyl adjacent to an activating group) is 1. The third-order valence-corrected chi connectivity index (χ3v) is 3.33. The summed E-state index contributed by atoms with van der Waals surface area (Å²) in [5.41, 5.74) is -0.630. The predicted molar refractivity (Wildman–Crippen MR) is 70.5 cm³/mol. The Labute approximate surface area is 120 Å². The Morgan fingerprint density at radius 3 is 2.76 bits per heavy atom. The van der Waals surface area contributed by atoms with Gasteiger partial charge >= 0.3 is 6.18 Å². The van der Waals surface area contributed by atoms with E-state index in [9.17, 15) is 18.0 Å². The summed E-state index contributed by atoms with van der Waals surface area (Å²) in [6.07, 6.45) is -4.42. The van der Waals surface area contributed by atoms with Crippen LogP contribution in [0.2, 0.25) is 0 Å². The molecule has 0 radical (unpaired) electrons. The molecule has 1 aliphatic rings. The molecule has 0 aromatic heterocycles. The van der Waals surface area contributed by atoms with Gasteiger partial charge in [0.25, 0.3) is 0 Å². The van der Waals surface area contributed by atoms with E-state index in [4.69, 9.17) is 4.74 Å². The van der Waals surface area contributed by atoms with Crippen LogP contribution in [0.5, 0.6) is 0 Å². The van der Waals surface area contributed by atoms with E-state index in [-0.39, 0.29) is 24.6 Å². The number of halogens is 3. The van der Waals surface area contributed by atoms with E-state index in [0.29, 0.717) is 13.2 Å². The van der Waals surface area contributed by atoms with Crippen LogP contribution in [0.4, 0.5) is 13.2 Å². The number of hydrogen-bond acceptors (Lipinski definition) is 3. The first-order chi connectivity index (χ1) is 9.89. The lowest BCUT2D eigenvalue weighted by atomic mass is 10.1. The van der Waals surface area contributed by atoms with E-state index in [0.717, 1.165) is 6.07 Å². The lowest BCUT2D eigenvalue weighted by Gasteiger charge is -2.28. The highest BCUT2D eigenvalue weighted by Crippen LogP contribution is 2.32. The van der Waals surface area contributed by atoms with Gasteiger partial charge in [-0.25, -0.2) is 0 Å². The first-order valence-electron chi connectivity index (χ1n) is 6.61. The summed E-state index contributed by atoms with van der Waals surface area (Å²) in [6, 6.07) is 4.78.